The van der Waals surface area contributed by atoms with Crippen LogP contribution in [0.15, 0.2) is 84.1 Å². The molecule has 29 heavy (non-hydrogen) atoms. The molecule has 3 aromatic rings. The van der Waals surface area contributed by atoms with Gasteiger partial charge in [0.25, 0.3) is 0 Å². The van der Waals surface area contributed by atoms with Gasteiger partial charge in [-0.25, -0.2) is 4.99 Å². The predicted octanol–water partition coefficient (Wildman–Crippen LogP) is 4.96. The van der Waals surface area contributed by atoms with Crippen LogP contribution >= 0.6 is 11.6 Å². The number of allylic oxidation sites excluding steroid dienone is 1. The minimum Gasteiger partial charge on any atom is -0.868 e. The molecule has 3 nitrogen and oxygen atoms in total. The van der Waals surface area contributed by atoms with E-state index in [4.69, 9.17) is 11.6 Å². The molecule has 0 radical (unpaired) electrons. The van der Waals surface area contributed by atoms with Crippen LogP contribution in [0, 0.1) is 6.92 Å². The summed E-state index contributed by atoms with van der Waals surface area (Å²) in [5.41, 5.74) is -1.06. The zero-order valence-electron chi connectivity index (χ0n) is 15.3. The lowest BCUT2D eigenvalue weighted by atomic mass is 10.1. The number of para-hydroxylation sites is 1. The van der Waals surface area contributed by atoms with Crippen LogP contribution in [0.1, 0.15) is 11.1 Å². The monoisotopic (exact) mass is 416 g/mol. The number of aliphatic imine (C=N–C) groups is 1. The number of alkyl halides is 3. The number of rotatable bonds is 4. The molecule has 0 bridgehead atoms. The fourth-order valence-electron chi connectivity index (χ4n) is 2.64. The van der Waals surface area contributed by atoms with Crippen molar-refractivity contribution in [3.63, 3.8) is 0 Å². The fraction of sp³-hybridized carbons (Fsp3) is 0.0909. The number of hydrogen-bond acceptors (Lipinski definition) is 2. The molecule has 0 amide bonds. The third-order valence-corrected chi connectivity index (χ3v) is 4.40. The molecule has 0 spiro atoms. The van der Waals surface area contributed by atoms with Crippen LogP contribution in [0.3, 0.4) is 0 Å². The van der Waals surface area contributed by atoms with Gasteiger partial charge in [0.05, 0.1) is 10.7 Å². The third kappa shape index (κ3) is 4.84. The van der Waals surface area contributed by atoms with E-state index in [0.717, 1.165) is 10.1 Å². The minimum absolute atomic E-state index is 0.0506. The molecule has 0 aliphatic heterocycles. The molecule has 0 N–H and O–H groups in total. The average Bonchev–Trinajstić information content (AvgIpc) is 2.70. The molecule has 0 atom stereocenters. The van der Waals surface area contributed by atoms with E-state index in [9.17, 15) is 18.3 Å². The van der Waals surface area contributed by atoms with Crippen LogP contribution in [-0.4, -0.2) is 11.9 Å². The van der Waals surface area contributed by atoms with Crippen molar-refractivity contribution in [3.05, 3.63) is 95.3 Å². The van der Waals surface area contributed by atoms with Gasteiger partial charge in [-0.3, -0.25) is 0 Å². The second-order valence-corrected chi connectivity index (χ2v) is 6.64. The predicted molar refractivity (Wildman–Crippen MR) is 106 cm³/mol. The quantitative estimate of drug-likeness (QED) is 0.337. The van der Waals surface area contributed by atoms with Gasteiger partial charge in [0, 0.05) is 12.1 Å². The highest BCUT2D eigenvalue weighted by Crippen LogP contribution is 2.31. The van der Waals surface area contributed by atoms with Crippen LogP contribution in [0.5, 0.6) is 0 Å². The lowest BCUT2D eigenvalue weighted by Crippen LogP contribution is -2.43. The molecular formula is C22H16ClF3N2O. The van der Waals surface area contributed by atoms with Crippen LogP contribution in [0.4, 0.5) is 18.9 Å². The standard InChI is InChI=1S/C22H16ClF3N2O/c1-15-11-13-28(14-12-15)19(20(29)16-7-3-2-4-8-16)21(22(24,25)26)27-18-10-6-5-9-17(18)23/h2-14H,1H3. The van der Waals surface area contributed by atoms with Crippen molar-refractivity contribution in [3.8, 4) is 0 Å². The van der Waals surface area contributed by atoms with E-state index >= 15 is 0 Å². The summed E-state index contributed by atoms with van der Waals surface area (Å²) in [7, 11) is 0. The van der Waals surface area contributed by atoms with Crippen LogP contribution in [-0.2, 0) is 0 Å². The molecule has 3 rings (SSSR count). The Hall–Kier alpha value is -3.12. The van der Waals surface area contributed by atoms with E-state index in [1.54, 1.807) is 43.3 Å². The summed E-state index contributed by atoms with van der Waals surface area (Å²) < 4.78 is 43.3. The van der Waals surface area contributed by atoms with E-state index in [0.29, 0.717) is 0 Å². The summed E-state index contributed by atoms with van der Waals surface area (Å²) in [4.78, 5) is 3.76. The number of benzene rings is 2. The number of halogens is 4. The van der Waals surface area contributed by atoms with Gasteiger partial charge in [0.2, 0.25) is 11.4 Å². The smallest absolute Gasteiger partial charge is 0.440 e. The fourth-order valence-corrected chi connectivity index (χ4v) is 2.81. The number of hydrogen-bond donors (Lipinski definition) is 0. The molecule has 0 saturated carbocycles. The van der Waals surface area contributed by atoms with Crippen LogP contribution in [0.25, 0.3) is 11.5 Å². The first-order valence-corrected chi connectivity index (χ1v) is 9.01. The van der Waals surface area contributed by atoms with E-state index in [1.807, 2.05) is 0 Å². The van der Waals surface area contributed by atoms with E-state index in [1.165, 1.54) is 42.7 Å². The Kier molecular flexibility index (Phi) is 6.03. The maximum Gasteiger partial charge on any atom is 0.440 e. The zero-order valence-corrected chi connectivity index (χ0v) is 16.1. The van der Waals surface area contributed by atoms with Gasteiger partial charge in [0.1, 0.15) is 0 Å². The molecule has 0 saturated heterocycles. The van der Waals surface area contributed by atoms with Crippen molar-refractivity contribution < 1.29 is 22.8 Å². The van der Waals surface area contributed by atoms with Gasteiger partial charge in [-0.2, -0.15) is 17.7 Å². The van der Waals surface area contributed by atoms with Crippen LogP contribution in [0.2, 0.25) is 5.02 Å². The highest BCUT2D eigenvalue weighted by molar-refractivity contribution is 6.33. The molecule has 0 aliphatic carbocycles. The Morgan fingerprint density at radius 3 is 2.10 bits per heavy atom. The normalized spacial score (nSPS) is 13.2. The number of aromatic nitrogens is 1. The molecule has 0 aliphatic rings. The Bertz CT molecular complexity index is 1060. The molecule has 0 unspecified atom stereocenters. The molecule has 7 heteroatoms. The first-order chi connectivity index (χ1) is 13.8. The SMILES string of the molecule is Cc1cc[n+](/C(C(=Nc2ccccc2Cl)C(F)(F)F)=C(/[O-])c2ccccc2)cc1. The largest absolute Gasteiger partial charge is 0.868 e. The zero-order chi connectivity index (χ0) is 21.0. The molecule has 0 fully saturated rings. The number of pyridine rings is 1. The lowest BCUT2D eigenvalue weighted by Gasteiger charge is -2.18. The lowest BCUT2D eigenvalue weighted by molar-refractivity contribution is -0.578. The van der Waals surface area contributed by atoms with Crippen molar-refractivity contribution in [1.29, 1.82) is 0 Å². The van der Waals surface area contributed by atoms with E-state index in [2.05, 4.69) is 4.99 Å². The average molecular weight is 417 g/mol. The summed E-state index contributed by atoms with van der Waals surface area (Å²) in [6.45, 7) is 1.80. The van der Waals surface area contributed by atoms with Crippen molar-refractivity contribution in [2.45, 2.75) is 13.1 Å². The van der Waals surface area contributed by atoms with E-state index < -0.39 is 23.3 Å². The summed E-state index contributed by atoms with van der Waals surface area (Å²) in [5.74, 6) is -0.803. The molecule has 148 valence electrons. The maximum absolute atomic E-state index is 14.1. The van der Waals surface area contributed by atoms with E-state index in [-0.39, 0.29) is 16.3 Å². The number of nitrogens with zero attached hydrogens (tertiary/aromatic N) is 2. The molecule has 2 aromatic carbocycles. The highest BCUT2D eigenvalue weighted by Gasteiger charge is 2.43. The van der Waals surface area contributed by atoms with Crippen molar-refractivity contribution in [2.24, 2.45) is 4.99 Å². The molecule has 1 aromatic heterocycles. The van der Waals surface area contributed by atoms with Gasteiger partial charge < -0.3 is 5.11 Å². The third-order valence-electron chi connectivity index (χ3n) is 4.08. The first kappa shape index (κ1) is 20.6. The van der Waals surface area contributed by atoms with Gasteiger partial charge in [-0.1, -0.05) is 54.1 Å². The van der Waals surface area contributed by atoms with Crippen molar-refractivity contribution in [2.75, 3.05) is 0 Å². The van der Waals surface area contributed by atoms with Gasteiger partial charge in [-0.15, -0.1) is 0 Å². The summed E-state index contributed by atoms with van der Waals surface area (Å²) in [6.07, 6.45) is -2.09. The van der Waals surface area contributed by atoms with Gasteiger partial charge >= 0.3 is 6.18 Å². The highest BCUT2D eigenvalue weighted by atomic mass is 35.5. The van der Waals surface area contributed by atoms with Crippen LogP contribution < -0.4 is 9.67 Å². The van der Waals surface area contributed by atoms with Gasteiger partial charge in [0.15, 0.2) is 12.4 Å². The van der Waals surface area contributed by atoms with Gasteiger partial charge in [-0.05, 0) is 35.9 Å². The van der Waals surface area contributed by atoms with Crippen molar-refractivity contribution >= 4 is 34.5 Å². The summed E-state index contributed by atoms with van der Waals surface area (Å²) in [6, 6.07) is 16.9. The summed E-state index contributed by atoms with van der Waals surface area (Å²) in [5, 5.41) is 13.2. The Balaban J connectivity index is 2.33. The Labute approximate surface area is 171 Å². The summed E-state index contributed by atoms with van der Waals surface area (Å²) >= 11 is 6.01. The maximum atomic E-state index is 14.1. The molecule has 1 heterocycles. The second kappa shape index (κ2) is 8.49. The Morgan fingerprint density at radius 1 is 0.931 bits per heavy atom. The van der Waals surface area contributed by atoms with Crippen molar-refractivity contribution in [1.82, 2.24) is 0 Å². The minimum atomic E-state index is -4.89. The number of aryl methyl sites for hydroxylation is 1. The first-order valence-electron chi connectivity index (χ1n) is 8.63. The topological polar surface area (TPSA) is 39.3 Å². The molecular weight excluding hydrogens is 401 g/mol. The Morgan fingerprint density at radius 2 is 1.52 bits per heavy atom. The second-order valence-electron chi connectivity index (χ2n) is 6.24.